The number of nitrogens with zero attached hydrogens (tertiary/aromatic N) is 5. The Morgan fingerprint density at radius 2 is 1.83 bits per heavy atom. The maximum absolute atomic E-state index is 5.95. The van der Waals surface area contributed by atoms with Crippen LogP contribution in [-0.2, 0) is 6.54 Å². The van der Waals surface area contributed by atoms with Crippen molar-refractivity contribution in [2.45, 2.75) is 26.4 Å². The number of fused-ring (bicyclic) bond motifs is 1. The van der Waals surface area contributed by atoms with Crippen molar-refractivity contribution in [3.05, 3.63) is 53.4 Å². The number of halogens is 1. The van der Waals surface area contributed by atoms with Gasteiger partial charge in [-0.15, -0.1) is 0 Å². The molecule has 7 nitrogen and oxygen atoms in total. The Bertz CT molecular complexity index is 1120. The quantitative estimate of drug-likeness (QED) is 0.494. The zero-order valence-corrected chi connectivity index (χ0v) is 17.6. The summed E-state index contributed by atoms with van der Waals surface area (Å²) in [5, 5.41) is 4.85. The molecule has 0 fully saturated rings. The van der Waals surface area contributed by atoms with Gasteiger partial charge in [0.15, 0.2) is 0 Å². The largest absolute Gasteiger partial charge is 0.365 e. The summed E-state index contributed by atoms with van der Waals surface area (Å²) in [6.07, 6.45) is 0. The highest BCUT2D eigenvalue weighted by Crippen LogP contribution is 2.24. The van der Waals surface area contributed by atoms with Crippen molar-refractivity contribution < 1.29 is 4.52 Å². The molecule has 0 unspecified atom stereocenters. The van der Waals surface area contributed by atoms with Crippen LogP contribution in [-0.4, -0.2) is 40.2 Å². The number of anilines is 2. The normalized spacial score (nSPS) is 11.4. The number of imidazole rings is 1. The summed E-state index contributed by atoms with van der Waals surface area (Å²) in [5.74, 6) is 1.94. The van der Waals surface area contributed by atoms with Gasteiger partial charge in [-0.3, -0.25) is 0 Å². The molecule has 0 atom stereocenters. The highest BCUT2D eigenvalue weighted by atomic mass is 35.5. The molecule has 2 heterocycles. The van der Waals surface area contributed by atoms with Gasteiger partial charge in [0.1, 0.15) is 0 Å². The second-order valence-corrected chi connectivity index (χ2v) is 7.78. The minimum Gasteiger partial charge on any atom is -0.365 e. The van der Waals surface area contributed by atoms with Crippen molar-refractivity contribution >= 4 is 34.3 Å². The molecule has 0 aliphatic rings. The van der Waals surface area contributed by atoms with E-state index in [0.717, 1.165) is 28.2 Å². The number of aromatic nitrogens is 4. The van der Waals surface area contributed by atoms with Gasteiger partial charge in [0.05, 0.1) is 17.6 Å². The van der Waals surface area contributed by atoms with Gasteiger partial charge >= 0.3 is 0 Å². The predicted octanol–water partition coefficient (Wildman–Crippen LogP) is 4.75. The zero-order chi connectivity index (χ0) is 20.5. The monoisotopic (exact) mass is 410 g/mol. The molecule has 0 aliphatic heterocycles. The summed E-state index contributed by atoms with van der Waals surface area (Å²) >= 11 is 5.95. The second-order valence-electron chi connectivity index (χ2n) is 7.34. The molecule has 0 saturated carbocycles. The first kappa shape index (κ1) is 19.3. The van der Waals surface area contributed by atoms with Crippen molar-refractivity contribution in [2.24, 2.45) is 0 Å². The lowest BCUT2D eigenvalue weighted by molar-refractivity contribution is 0.378. The average molecular weight is 411 g/mol. The SMILES string of the molecule is CC(C)N(C)c1nc2ccc(-c3noc(CN(C)c4ccc(Cl)cc4)n3)cc2[nH]1. The van der Waals surface area contributed by atoms with Gasteiger partial charge in [0, 0.05) is 36.4 Å². The second kappa shape index (κ2) is 7.75. The van der Waals surface area contributed by atoms with Gasteiger partial charge < -0.3 is 19.3 Å². The lowest BCUT2D eigenvalue weighted by Crippen LogP contribution is -2.26. The molecule has 1 N–H and O–H groups in total. The summed E-state index contributed by atoms with van der Waals surface area (Å²) in [5.41, 5.74) is 3.75. The van der Waals surface area contributed by atoms with Crippen molar-refractivity contribution in [3.63, 3.8) is 0 Å². The zero-order valence-electron chi connectivity index (χ0n) is 16.8. The lowest BCUT2D eigenvalue weighted by Gasteiger charge is -2.19. The number of hydrogen-bond acceptors (Lipinski definition) is 6. The van der Waals surface area contributed by atoms with E-state index >= 15 is 0 Å². The summed E-state index contributed by atoms with van der Waals surface area (Å²) in [6, 6.07) is 13.9. The Balaban J connectivity index is 1.54. The Hall–Kier alpha value is -3.06. The highest BCUT2D eigenvalue weighted by molar-refractivity contribution is 6.30. The van der Waals surface area contributed by atoms with Crippen molar-refractivity contribution in [1.82, 2.24) is 20.1 Å². The van der Waals surface area contributed by atoms with E-state index in [0.29, 0.717) is 29.3 Å². The molecular formula is C21H23ClN6O. The van der Waals surface area contributed by atoms with Crippen LogP contribution in [0.5, 0.6) is 0 Å². The van der Waals surface area contributed by atoms with Gasteiger partial charge in [-0.05, 0) is 56.3 Å². The fourth-order valence-electron chi connectivity index (χ4n) is 2.97. The molecule has 0 aliphatic carbocycles. The summed E-state index contributed by atoms with van der Waals surface area (Å²) in [7, 11) is 3.99. The molecule has 0 saturated heterocycles. The van der Waals surface area contributed by atoms with Crippen molar-refractivity contribution in [2.75, 3.05) is 23.9 Å². The van der Waals surface area contributed by atoms with Gasteiger partial charge in [0.25, 0.3) is 0 Å². The van der Waals surface area contributed by atoms with E-state index in [1.807, 2.05) is 61.5 Å². The Labute approximate surface area is 174 Å². The van der Waals surface area contributed by atoms with E-state index in [2.05, 4.69) is 38.9 Å². The van der Waals surface area contributed by atoms with Crippen LogP contribution in [0.25, 0.3) is 22.4 Å². The van der Waals surface area contributed by atoms with E-state index in [9.17, 15) is 0 Å². The third-order valence-electron chi connectivity index (χ3n) is 4.94. The van der Waals surface area contributed by atoms with Gasteiger partial charge in [-0.2, -0.15) is 4.98 Å². The van der Waals surface area contributed by atoms with Crippen molar-refractivity contribution in [3.8, 4) is 11.4 Å². The Morgan fingerprint density at radius 1 is 1.07 bits per heavy atom. The van der Waals surface area contributed by atoms with Crippen LogP contribution >= 0.6 is 11.6 Å². The first-order chi connectivity index (χ1) is 13.9. The number of rotatable bonds is 6. The maximum Gasteiger partial charge on any atom is 0.246 e. The topological polar surface area (TPSA) is 74.1 Å². The molecule has 2 aromatic carbocycles. The third kappa shape index (κ3) is 4.05. The molecule has 0 spiro atoms. The van der Waals surface area contributed by atoms with Crippen LogP contribution < -0.4 is 9.80 Å². The number of hydrogen-bond donors (Lipinski definition) is 1. The molecule has 8 heteroatoms. The highest BCUT2D eigenvalue weighted by Gasteiger charge is 2.14. The van der Waals surface area contributed by atoms with E-state index in [1.165, 1.54) is 0 Å². The first-order valence-corrected chi connectivity index (χ1v) is 9.81. The van der Waals surface area contributed by atoms with E-state index < -0.39 is 0 Å². The molecule has 29 heavy (non-hydrogen) atoms. The van der Waals surface area contributed by atoms with Crippen LogP contribution in [0.15, 0.2) is 47.0 Å². The number of aromatic amines is 1. The minimum atomic E-state index is 0.354. The number of H-pyrrole nitrogens is 1. The number of nitrogens with one attached hydrogen (secondary N) is 1. The first-order valence-electron chi connectivity index (χ1n) is 9.43. The fourth-order valence-corrected chi connectivity index (χ4v) is 3.10. The van der Waals surface area contributed by atoms with Crippen LogP contribution in [0.4, 0.5) is 11.6 Å². The summed E-state index contributed by atoms with van der Waals surface area (Å²) in [4.78, 5) is 16.7. The minimum absolute atomic E-state index is 0.354. The molecule has 4 aromatic rings. The Morgan fingerprint density at radius 3 is 2.55 bits per heavy atom. The van der Waals surface area contributed by atoms with Crippen LogP contribution in [0.2, 0.25) is 5.02 Å². The Kier molecular flexibility index (Phi) is 5.15. The molecule has 0 amide bonds. The lowest BCUT2D eigenvalue weighted by atomic mass is 10.2. The van der Waals surface area contributed by atoms with E-state index in [1.54, 1.807) is 0 Å². The predicted molar refractivity (Wildman–Crippen MR) is 116 cm³/mol. The van der Waals surface area contributed by atoms with Crippen LogP contribution in [0.1, 0.15) is 19.7 Å². The molecule has 0 radical (unpaired) electrons. The fraction of sp³-hybridized carbons (Fsp3) is 0.286. The summed E-state index contributed by atoms with van der Waals surface area (Å²) < 4.78 is 5.46. The molecular weight excluding hydrogens is 388 g/mol. The third-order valence-corrected chi connectivity index (χ3v) is 5.20. The smallest absolute Gasteiger partial charge is 0.246 e. The van der Waals surface area contributed by atoms with E-state index in [-0.39, 0.29) is 0 Å². The van der Waals surface area contributed by atoms with E-state index in [4.69, 9.17) is 16.1 Å². The number of benzene rings is 2. The van der Waals surface area contributed by atoms with Gasteiger partial charge in [0.2, 0.25) is 17.7 Å². The standard InChI is InChI=1S/C21H23ClN6O/c1-13(2)28(4)21-23-17-10-5-14(11-18(17)24-21)20-25-19(29-26-20)12-27(3)16-8-6-15(22)7-9-16/h5-11,13H,12H2,1-4H3,(H,23,24). The molecule has 0 bridgehead atoms. The molecule has 2 aromatic heterocycles. The van der Waals surface area contributed by atoms with Gasteiger partial charge in [-0.25, -0.2) is 4.98 Å². The summed E-state index contributed by atoms with van der Waals surface area (Å²) in [6.45, 7) is 4.76. The van der Waals surface area contributed by atoms with Crippen molar-refractivity contribution in [1.29, 1.82) is 0 Å². The maximum atomic E-state index is 5.95. The van der Waals surface area contributed by atoms with Gasteiger partial charge in [-0.1, -0.05) is 16.8 Å². The van der Waals surface area contributed by atoms with Crippen LogP contribution in [0.3, 0.4) is 0 Å². The van der Waals surface area contributed by atoms with Crippen LogP contribution in [0, 0.1) is 0 Å². The average Bonchev–Trinajstić information content (AvgIpc) is 3.33. The molecule has 150 valence electrons. The molecule has 4 rings (SSSR count).